The molecule has 1 fully saturated rings. The maximum Gasteiger partial charge on any atom is 0.237 e. The van der Waals surface area contributed by atoms with E-state index in [9.17, 15) is 9.59 Å². The van der Waals surface area contributed by atoms with E-state index in [1.54, 1.807) is 38.6 Å². The number of aromatic nitrogens is 1. The van der Waals surface area contributed by atoms with Crippen molar-refractivity contribution in [1.29, 1.82) is 0 Å². The van der Waals surface area contributed by atoms with Crippen molar-refractivity contribution in [2.45, 2.75) is 19.3 Å². The van der Waals surface area contributed by atoms with Crippen LogP contribution in [0.4, 0.5) is 10.1 Å². The molecule has 0 bridgehead atoms. The molecular formula is C29H25FN2O4. The van der Waals surface area contributed by atoms with Gasteiger partial charge in [-0.05, 0) is 47.4 Å². The number of halogens is 1. The second kappa shape index (κ2) is 9.77. The third-order valence-corrected chi connectivity index (χ3v) is 6.58. The van der Waals surface area contributed by atoms with Crippen LogP contribution in [0.5, 0.6) is 11.5 Å². The van der Waals surface area contributed by atoms with Crippen LogP contribution in [0.1, 0.15) is 23.1 Å². The fourth-order valence-corrected chi connectivity index (χ4v) is 4.73. The second-order valence-electron chi connectivity index (χ2n) is 8.81. The molecule has 182 valence electrons. The Bertz CT molecular complexity index is 1450. The predicted molar refractivity (Wildman–Crippen MR) is 135 cm³/mol. The molecule has 5 rings (SSSR count). The Morgan fingerprint density at radius 3 is 2.42 bits per heavy atom. The Kier molecular flexibility index (Phi) is 6.38. The summed E-state index contributed by atoms with van der Waals surface area (Å²) in [6, 6.07) is 19.6. The molecule has 0 aliphatic carbocycles. The maximum atomic E-state index is 15.2. The lowest BCUT2D eigenvalue weighted by atomic mass is 9.98. The van der Waals surface area contributed by atoms with E-state index in [-0.39, 0.29) is 23.9 Å². The standard InChI is InChI=1S/C29H25FN2O4/c1-35-26-16-23-19(10-11-31-25(23)17-27(26)36-2)13-20-8-9-22(15-24(20)30)32-28(33)14-21(29(32)34)12-18-6-4-3-5-7-18/h3-11,15-17,21H,12-14H2,1-2H3. The van der Waals surface area contributed by atoms with Gasteiger partial charge >= 0.3 is 0 Å². The number of fused-ring (bicyclic) bond motifs is 1. The van der Waals surface area contributed by atoms with E-state index in [4.69, 9.17) is 9.47 Å². The number of methoxy groups -OCH3 is 2. The molecule has 1 aromatic heterocycles. The molecule has 0 N–H and O–H groups in total. The molecule has 0 saturated carbocycles. The molecule has 4 aromatic rings. The number of pyridine rings is 1. The minimum absolute atomic E-state index is 0.116. The second-order valence-corrected chi connectivity index (χ2v) is 8.81. The Balaban J connectivity index is 1.40. The number of benzene rings is 3. The first-order valence-corrected chi connectivity index (χ1v) is 11.7. The Hall–Kier alpha value is -4.26. The number of hydrogen-bond acceptors (Lipinski definition) is 5. The first-order valence-electron chi connectivity index (χ1n) is 11.7. The van der Waals surface area contributed by atoms with Gasteiger partial charge in [0.05, 0.1) is 31.3 Å². The van der Waals surface area contributed by atoms with Gasteiger partial charge in [0.25, 0.3) is 0 Å². The first kappa shape index (κ1) is 23.5. The van der Waals surface area contributed by atoms with E-state index in [2.05, 4.69) is 4.98 Å². The zero-order chi connectivity index (χ0) is 25.2. The monoisotopic (exact) mass is 484 g/mol. The third kappa shape index (κ3) is 4.40. The number of anilines is 1. The number of ether oxygens (including phenoxy) is 2. The number of hydrogen-bond donors (Lipinski definition) is 0. The Morgan fingerprint density at radius 2 is 1.69 bits per heavy atom. The van der Waals surface area contributed by atoms with Crippen LogP contribution in [-0.4, -0.2) is 31.0 Å². The van der Waals surface area contributed by atoms with E-state index in [1.807, 2.05) is 42.5 Å². The van der Waals surface area contributed by atoms with Crippen LogP contribution in [0.2, 0.25) is 0 Å². The van der Waals surface area contributed by atoms with Gasteiger partial charge < -0.3 is 9.47 Å². The molecule has 1 unspecified atom stereocenters. The Morgan fingerprint density at radius 1 is 0.944 bits per heavy atom. The summed E-state index contributed by atoms with van der Waals surface area (Å²) in [7, 11) is 3.12. The van der Waals surface area contributed by atoms with E-state index in [0.717, 1.165) is 21.4 Å². The lowest BCUT2D eigenvalue weighted by molar-refractivity contribution is -0.122. The van der Waals surface area contributed by atoms with Gasteiger partial charge in [0, 0.05) is 30.5 Å². The number of imide groups is 1. The average Bonchev–Trinajstić information content (AvgIpc) is 3.17. The highest BCUT2D eigenvalue weighted by Crippen LogP contribution is 2.34. The van der Waals surface area contributed by atoms with Crippen LogP contribution >= 0.6 is 0 Å². The molecule has 1 aliphatic rings. The normalized spacial score (nSPS) is 15.5. The van der Waals surface area contributed by atoms with Gasteiger partial charge in [0.2, 0.25) is 11.8 Å². The highest BCUT2D eigenvalue weighted by Gasteiger charge is 2.39. The summed E-state index contributed by atoms with van der Waals surface area (Å²) in [5, 5.41) is 0.826. The quantitative estimate of drug-likeness (QED) is 0.341. The highest BCUT2D eigenvalue weighted by atomic mass is 19.1. The topological polar surface area (TPSA) is 68.7 Å². The van der Waals surface area contributed by atoms with Crippen LogP contribution in [-0.2, 0) is 22.4 Å². The van der Waals surface area contributed by atoms with E-state index in [1.165, 1.54) is 6.07 Å². The van der Waals surface area contributed by atoms with Crippen LogP contribution in [0.3, 0.4) is 0 Å². The fraction of sp³-hybridized carbons (Fsp3) is 0.207. The maximum absolute atomic E-state index is 15.2. The molecule has 1 aliphatic heterocycles. The molecule has 36 heavy (non-hydrogen) atoms. The zero-order valence-corrected chi connectivity index (χ0v) is 20.0. The van der Waals surface area contributed by atoms with Crippen molar-refractivity contribution in [1.82, 2.24) is 4.98 Å². The minimum Gasteiger partial charge on any atom is -0.493 e. The van der Waals surface area contributed by atoms with Crippen molar-refractivity contribution in [2.75, 3.05) is 19.1 Å². The summed E-state index contributed by atoms with van der Waals surface area (Å²) in [4.78, 5) is 31.2. The van der Waals surface area contributed by atoms with Gasteiger partial charge in [-0.25, -0.2) is 4.39 Å². The van der Waals surface area contributed by atoms with Gasteiger partial charge in [-0.1, -0.05) is 36.4 Å². The van der Waals surface area contributed by atoms with E-state index in [0.29, 0.717) is 35.4 Å². The number of amides is 2. The molecular weight excluding hydrogens is 459 g/mol. The van der Waals surface area contributed by atoms with Crippen LogP contribution in [0.25, 0.3) is 10.9 Å². The van der Waals surface area contributed by atoms with Gasteiger partial charge in [-0.15, -0.1) is 0 Å². The SMILES string of the molecule is COc1cc2nccc(Cc3ccc(N4C(=O)CC(Cc5ccccc5)C4=O)cc3F)c2cc1OC. The molecule has 0 radical (unpaired) electrons. The third-order valence-electron chi connectivity index (χ3n) is 6.58. The van der Waals surface area contributed by atoms with Crippen LogP contribution < -0.4 is 14.4 Å². The minimum atomic E-state index is -0.481. The number of nitrogens with zero attached hydrogens (tertiary/aromatic N) is 2. The summed E-state index contributed by atoms with van der Waals surface area (Å²) in [6.07, 6.45) is 2.57. The molecule has 1 saturated heterocycles. The molecule has 2 heterocycles. The van der Waals surface area contributed by atoms with Crippen molar-refractivity contribution >= 4 is 28.4 Å². The van der Waals surface area contributed by atoms with Gasteiger partial charge in [0.1, 0.15) is 5.82 Å². The van der Waals surface area contributed by atoms with Crippen molar-refractivity contribution in [3.8, 4) is 11.5 Å². The molecule has 7 heteroatoms. The summed E-state index contributed by atoms with van der Waals surface area (Å²) < 4.78 is 26.0. The predicted octanol–water partition coefficient (Wildman–Crippen LogP) is 5.10. The van der Waals surface area contributed by atoms with Crippen molar-refractivity contribution < 1.29 is 23.5 Å². The first-order chi connectivity index (χ1) is 17.5. The Labute approximate surface area is 208 Å². The average molecular weight is 485 g/mol. The van der Waals surface area contributed by atoms with Crippen LogP contribution in [0.15, 0.2) is 72.9 Å². The zero-order valence-electron chi connectivity index (χ0n) is 20.0. The van der Waals surface area contributed by atoms with Crippen molar-refractivity contribution in [3.63, 3.8) is 0 Å². The van der Waals surface area contributed by atoms with E-state index < -0.39 is 11.7 Å². The summed E-state index contributed by atoms with van der Waals surface area (Å²) in [6.45, 7) is 0. The van der Waals surface area contributed by atoms with Gasteiger partial charge in [-0.2, -0.15) is 0 Å². The van der Waals surface area contributed by atoms with E-state index >= 15 is 4.39 Å². The fourth-order valence-electron chi connectivity index (χ4n) is 4.73. The molecule has 3 aromatic carbocycles. The molecule has 2 amide bonds. The van der Waals surface area contributed by atoms with Gasteiger partial charge in [0.15, 0.2) is 11.5 Å². The summed E-state index contributed by atoms with van der Waals surface area (Å²) in [5.74, 6) is -0.406. The van der Waals surface area contributed by atoms with Crippen molar-refractivity contribution in [2.24, 2.45) is 5.92 Å². The molecule has 0 spiro atoms. The number of rotatable bonds is 7. The van der Waals surface area contributed by atoms with Crippen molar-refractivity contribution in [3.05, 3.63) is 95.4 Å². The molecule has 1 atom stereocenters. The smallest absolute Gasteiger partial charge is 0.237 e. The number of carbonyl (C=O) groups excluding carboxylic acids is 2. The highest BCUT2D eigenvalue weighted by molar-refractivity contribution is 6.21. The lowest BCUT2D eigenvalue weighted by Gasteiger charge is -2.17. The summed E-state index contributed by atoms with van der Waals surface area (Å²) >= 11 is 0. The number of carbonyl (C=O) groups is 2. The van der Waals surface area contributed by atoms with Crippen LogP contribution in [0, 0.1) is 11.7 Å². The van der Waals surface area contributed by atoms with Gasteiger partial charge in [-0.3, -0.25) is 19.5 Å². The molecule has 6 nitrogen and oxygen atoms in total. The largest absolute Gasteiger partial charge is 0.493 e. The lowest BCUT2D eigenvalue weighted by Crippen LogP contribution is -2.31. The summed E-state index contributed by atoms with van der Waals surface area (Å²) in [5.41, 5.74) is 3.27.